The Morgan fingerprint density at radius 2 is 1.90 bits per heavy atom. The molecule has 7 heteroatoms. The zero-order chi connectivity index (χ0) is 20.9. The van der Waals surface area contributed by atoms with E-state index in [0.29, 0.717) is 41.9 Å². The lowest BCUT2D eigenvalue weighted by Gasteiger charge is -2.11. The number of carbonyl (C=O) groups excluding carboxylic acids is 1. The minimum Gasteiger partial charge on any atom is -0.497 e. The van der Waals surface area contributed by atoms with Gasteiger partial charge in [-0.2, -0.15) is 0 Å². The Hall–Kier alpha value is -3.35. The highest BCUT2D eigenvalue weighted by molar-refractivity contribution is 5.97. The van der Waals surface area contributed by atoms with Crippen LogP contribution in [0.4, 0.5) is 0 Å². The number of hydrogen-bond donors (Lipinski definition) is 1. The van der Waals surface area contributed by atoms with Crippen molar-refractivity contribution in [3.8, 4) is 11.5 Å². The Balaban J connectivity index is 1.41. The molecule has 0 atom stereocenters. The van der Waals surface area contributed by atoms with Crippen LogP contribution in [0, 0.1) is 0 Å². The van der Waals surface area contributed by atoms with E-state index in [-0.39, 0.29) is 11.5 Å². The summed E-state index contributed by atoms with van der Waals surface area (Å²) in [6, 6.07) is 12.3. The van der Waals surface area contributed by atoms with Crippen LogP contribution in [-0.4, -0.2) is 35.7 Å². The van der Waals surface area contributed by atoms with Crippen molar-refractivity contribution in [3.05, 3.63) is 64.2 Å². The lowest BCUT2D eigenvalue weighted by Crippen LogP contribution is -2.28. The molecule has 2 aromatic carbocycles. The van der Waals surface area contributed by atoms with Crippen LogP contribution in [0.5, 0.6) is 11.5 Å². The van der Waals surface area contributed by atoms with Gasteiger partial charge in [-0.3, -0.25) is 14.2 Å². The number of methoxy groups -OCH3 is 1. The second-order valence-electron chi connectivity index (χ2n) is 7.31. The molecule has 2 heterocycles. The van der Waals surface area contributed by atoms with Gasteiger partial charge in [0.25, 0.3) is 11.5 Å². The van der Waals surface area contributed by atoms with Crippen molar-refractivity contribution in [1.82, 2.24) is 14.9 Å². The van der Waals surface area contributed by atoms with Gasteiger partial charge < -0.3 is 14.8 Å². The van der Waals surface area contributed by atoms with Gasteiger partial charge in [0, 0.05) is 18.5 Å². The van der Waals surface area contributed by atoms with E-state index in [4.69, 9.17) is 9.47 Å². The maximum absolute atomic E-state index is 12.8. The fourth-order valence-corrected chi connectivity index (χ4v) is 3.67. The zero-order valence-corrected chi connectivity index (χ0v) is 17.0. The molecular formula is C23H25N3O4. The summed E-state index contributed by atoms with van der Waals surface area (Å²) >= 11 is 0. The molecule has 1 aliphatic rings. The van der Waals surface area contributed by atoms with Crippen molar-refractivity contribution in [1.29, 1.82) is 0 Å². The second-order valence-corrected chi connectivity index (χ2v) is 7.31. The van der Waals surface area contributed by atoms with Crippen molar-refractivity contribution in [2.24, 2.45) is 0 Å². The first kappa shape index (κ1) is 19.9. The molecule has 0 fully saturated rings. The van der Waals surface area contributed by atoms with Gasteiger partial charge in [-0.1, -0.05) is 6.42 Å². The number of hydrogen-bond acceptors (Lipinski definition) is 5. The summed E-state index contributed by atoms with van der Waals surface area (Å²) in [5.74, 6) is 2.07. The summed E-state index contributed by atoms with van der Waals surface area (Å²) in [6.45, 7) is 1.43. The molecule has 1 amide bonds. The van der Waals surface area contributed by atoms with Crippen LogP contribution in [0.3, 0.4) is 0 Å². The SMILES string of the molecule is COc1ccc(OCCNC(=O)c2ccc3c(=O)n4c(nc3c2)CCCCC4)cc1. The number of amides is 1. The van der Waals surface area contributed by atoms with Crippen molar-refractivity contribution >= 4 is 16.8 Å². The predicted octanol–water partition coefficient (Wildman–Crippen LogP) is 2.94. The number of rotatable bonds is 6. The molecule has 4 rings (SSSR count). The standard InChI is InChI=1S/C23H25N3O4/c1-29-17-7-9-18(10-8-17)30-14-12-24-22(27)16-6-11-19-20(15-16)25-21-5-3-2-4-13-26(21)23(19)28/h6-11,15H,2-5,12-14H2,1H3,(H,24,27). The molecule has 0 spiro atoms. The molecule has 156 valence electrons. The van der Waals surface area contributed by atoms with E-state index in [9.17, 15) is 9.59 Å². The predicted molar refractivity (Wildman–Crippen MR) is 114 cm³/mol. The first-order chi connectivity index (χ1) is 14.7. The van der Waals surface area contributed by atoms with Gasteiger partial charge in [0.05, 0.1) is 24.6 Å². The topological polar surface area (TPSA) is 82.5 Å². The molecule has 0 radical (unpaired) electrons. The number of nitrogens with zero attached hydrogens (tertiary/aromatic N) is 2. The van der Waals surface area contributed by atoms with Crippen LogP contribution in [0.25, 0.3) is 10.9 Å². The van der Waals surface area contributed by atoms with Crippen molar-refractivity contribution in [2.75, 3.05) is 20.3 Å². The molecule has 0 saturated carbocycles. The quantitative estimate of drug-likeness (QED) is 0.636. The first-order valence-electron chi connectivity index (χ1n) is 10.2. The summed E-state index contributed by atoms with van der Waals surface area (Å²) in [7, 11) is 1.61. The highest BCUT2D eigenvalue weighted by Gasteiger charge is 2.15. The third-order valence-corrected chi connectivity index (χ3v) is 5.29. The number of benzene rings is 2. The van der Waals surface area contributed by atoms with E-state index in [1.807, 2.05) is 24.3 Å². The van der Waals surface area contributed by atoms with E-state index in [1.165, 1.54) is 0 Å². The fourth-order valence-electron chi connectivity index (χ4n) is 3.67. The van der Waals surface area contributed by atoms with Gasteiger partial charge >= 0.3 is 0 Å². The van der Waals surface area contributed by atoms with Crippen LogP contribution in [0.2, 0.25) is 0 Å². The van der Waals surface area contributed by atoms with Crippen molar-refractivity contribution < 1.29 is 14.3 Å². The number of nitrogens with one attached hydrogen (secondary N) is 1. The maximum Gasteiger partial charge on any atom is 0.261 e. The average Bonchev–Trinajstić information content (AvgIpc) is 3.02. The smallest absolute Gasteiger partial charge is 0.261 e. The third kappa shape index (κ3) is 4.30. The van der Waals surface area contributed by atoms with Gasteiger partial charge in [0.2, 0.25) is 0 Å². The Morgan fingerprint density at radius 3 is 2.70 bits per heavy atom. The van der Waals surface area contributed by atoms with Crippen LogP contribution in [0.1, 0.15) is 35.4 Å². The molecule has 1 N–H and O–H groups in total. The van der Waals surface area contributed by atoms with Crippen LogP contribution >= 0.6 is 0 Å². The molecule has 0 saturated heterocycles. The fraction of sp³-hybridized carbons (Fsp3) is 0.348. The first-order valence-corrected chi connectivity index (χ1v) is 10.2. The molecule has 1 aromatic heterocycles. The number of ether oxygens (including phenoxy) is 2. The maximum atomic E-state index is 12.8. The Morgan fingerprint density at radius 1 is 1.10 bits per heavy atom. The highest BCUT2D eigenvalue weighted by atomic mass is 16.5. The Labute approximate surface area is 174 Å². The van der Waals surface area contributed by atoms with E-state index >= 15 is 0 Å². The van der Waals surface area contributed by atoms with Gasteiger partial charge in [-0.05, 0) is 55.3 Å². The minimum atomic E-state index is -0.216. The van der Waals surface area contributed by atoms with Crippen molar-refractivity contribution in [3.63, 3.8) is 0 Å². The minimum absolute atomic E-state index is 0.0169. The largest absolute Gasteiger partial charge is 0.497 e. The summed E-state index contributed by atoms with van der Waals surface area (Å²) in [4.78, 5) is 30.0. The van der Waals surface area contributed by atoms with Crippen LogP contribution in [0.15, 0.2) is 47.3 Å². The molecule has 0 bridgehead atoms. The van der Waals surface area contributed by atoms with Gasteiger partial charge in [-0.15, -0.1) is 0 Å². The van der Waals surface area contributed by atoms with E-state index in [2.05, 4.69) is 10.3 Å². The molecule has 7 nitrogen and oxygen atoms in total. The third-order valence-electron chi connectivity index (χ3n) is 5.29. The number of aromatic nitrogens is 2. The van der Waals surface area contributed by atoms with Crippen LogP contribution < -0.4 is 20.3 Å². The average molecular weight is 407 g/mol. The normalized spacial score (nSPS) is 13.4. The number of aryl methyl sites for hydroxylation is 1. The summed E-state index contributed by atoms with van der Waals surface area (Å²) in [5.41, 5.74) is 1.05. The molecule has 30 heavy (non-hydrogen) atoms. The van der Waals surface area contributed by atoms with Crippen LogP contribution in [-0.2, 0) is 13.0 Å². The van der Waals surface area contributed by atoms with E-state index in [1.54, 1.807) is 29.9 Å². The van der Waals surface area contributed by atoms with Gasteiger partial charge in [0.1, 0.15) is 23.9 Å². The van der Waals surface area contributed by atoms with Gasteiger partial charge in [0.15, 0.2) is 0 Å². The monoisotopic (exact) mass is 407 g/mol. The summed E-state index contributed by atoms with van der Waals surface area (Å²) < 4.78 is 12.5. The lowest BCUT2D eigenvalue weighted by molar-refractivity contribution is 0.0947. The molecule has 1 aliphatic heterocycles. The second kappa shape index (κ2) is 8.98. The Bertz CT molecular complexity index is 1110. The molecular weight excluding hydrogens is 382 g/mol. The van der Waals surface area contributed by atoms with E-state index < -0.39 is 0 Å². The summed E-state index contributed by atoms with van der Waals surface area (Å²) in [5, 5.41) is 3.40. The van der Waals surface area contributed by atoms with Crippen molar-refractivity contribution in [2.45, 2.75) is 32.2 Å². The zero-order valence-electron chi connectivity index (χ0n) is 17.0. The van der Waals surface area contributed by atoms with E-state index in [0.717, 1.165) is 37.3 Å². The summed E-state index contributed by atoms with van der Waals surface area (Å²) in [6.07, 6.45) is 3.93. The molecule has 0 unspecified atom stereocenters. The number of carbonyl (C=O) groups is 1. The Kier molecular flexibility index (Phi) is 5.97. The highest BCUT2D eigenvalue weighted by Crippen LogP contribution is 2.17. The number of fused-ring (bicyclic) bond motifs is 2. The van der Waals surface area contributed by atoms with Gasteiger partial charge in [-0.25, -0.2) is 4.98 Å². The lowest BCUT2D eigenvalue weighted by atomic mass is 10.1. The molecule has 0 aliphatic carbocycles. The molecule has 3 aromatic rings.